The standard InChI is InChI=1S/C18H25NO5/c1-2-23-15-7-9-16(10-8-15)24-13-17(20)19-12-4-3-5-14(19)6-11-18(21)22/h7-10,14H,2-6,11-13H2,1H3,(H,21,22). The van der Waals surface area contributed by atoms with Crippen LogP contribution in [0.5, 0.6) is 11.5 Å². The highest BCUT2D eigenvalue weighted by atomic mass is 16.5. The van der Waals surface area contributed by atoms with E-state index in [2.05, 4.69) is 0 Å². The van der Waals surface area contributed by atoms with Crippen molar-refractivity contribution in [2.24, 2.45) is 0 Å². The van der Waals surface area contributed by atoms with E-state index in [4.69, 9.17) is 14.6 Å². The van der Waals surface area contributed by atoms with E-state index in [1.807, 2.05) is 6.92 Å². The molecule has 0 spiro atoms. The molecule has 1 unspecified atom stereocenters. The van der Waals surface area contributed by atoms with Gasteiger partial charge in [0.1, 0.15) is 11.5 Å². The Balaban J connectivity index is 1.86. The smallest absolute Gasteiger partial charge is 0.303 e. The van der Waals surface area contributed by atoms with Gasteiger partial charge in [-0.25, -0.2) is 0 Å². The van der Waals surface area contributed by atoms with Crippen molar-refractivity contribution in [3.05, 3.63) is 24.3 Å². The van der Waals surface area contributed by atoms with Crippen molar-refractivity contribution < 1.29 is 24.2 Å². The molecule has 1 atom stereocenters. The van der Waals surface area contributed by atoms with Gasteiger partial charge in [0.25, 0.3) is 5.91 Å². The van der Waals surface area contributed by atoms with E-state index < -0.39 is 5.97 Å². The van der Waals surface area contributed by atoms with E-state index in [9.17, 15) is 9.59 Å². The maximum Gasteiger partial charge on any atom is 0.303 e. The first-order valence-corrected chi connectivity index (χ1v) is 8.47. The Morgan fingerprint density at radius 2 is 1.83 bits per heavy atom. The highest BCUT2D eigenvalue weighted by Gasteiger charge is 2.27. The minimum absolute atomic E-state index is 0.00581. The highest BCUT2D eigenvalue weighted by molar-refractivity contribution is 5.78. The van der Waals surface area contributed by atoms with Crippen LogP contribution in [-0.2, 0) is 9.59 Å². The second kappa shape index (κ2) is 9.15. The zero-order valence-corrected chi connectivity index (χ0v) is 14.1. The summed E-state index contributed by atoms with van der Waals surface area (Å²) in [6.07, 6.45) is 3.45. The summed E-state index contributed by atoms with van der Waals surface area (Å²) in [5.74, 6) is 0.476. The van der Waals surface area contributed by atoms with Crippen LogP contribution in [0.2, 0.25) is 0 Å². The van der Waals surface area contributed by atoms with Gasteiger partial charge in [0, 0.05) is 19.0 Å². The van der Waals surface area contributed by atoms with Crippen molar-refractivity contribution in [3.8, 4) is 11.5 Å². The number of piperidine rings is 1. The molecule has 0 bridgehead atoms. The van der Waals surface area contributed by atoms with Crippen LogP contribution in [0.4, 0.5) is 0 Å². The van der Waals surface area contributed by atoms with E-state index in [1.54, 1.807) is 29.2 Å². The Kier molecular flexibility index (Phi) is 6.90. The molecule has 1 heterocycles. The van der Waals surface area contributed by atoms with Crippen LogP contribution in [0.15, 0.2) is 24.3 Å². The molecule has 1 aromatic rings. The van der Waals surface area contributed by atoms with Gasteiger partial charge >= 0.3 is 5.97 Å². The minimum Gasteiger partial charge on any atom is -0.494 e. The quantitative estimate of drug-likeness (QED) is 0.790. The van der Waals surface area contributed by atoms with Crippen molar-refractivity contribution >= 4 is 11.9 Å². The van der Waals surface area contributed by atoms with Gasteiger partial charge in [0.2, 0.25) is 0 Å². The number of benzene rings is 1. The van der Waals surface area contributed by atoms with Crippen LogP contribution < -0.4 is 9.47 Å². The Morgan fingerprint density at radius 3 is 2.46 bits per heavy atom. The van der Waals surface area contributed by atoms with Crippen LogP contribution >= 0.6 is 0 Å². The number of hydrogen-bond acceptors (Lipinski definition) is 4. The molecule has 0 saturated carbocycles. The molecule has 0 aromatic heterocycles. The van der Waals surface area contributed by atoms with Crippen LogP contribution in [-0.4, -0.2) is 47.7 Å². The lowest BCUT2D eigenvalue weighted by Gasteiger charge is -2.35. The van der Waals surface area contributed by atoms with Crippen molar-refractivity contribution in [3.63, 3.8) is 0 Å². The van der Waals surface area contributed by atoms with Gasteiger partial charge < -0.3 is 19.5 Å². The number of carbonyl (C=O) groups is 2. The van der Waals surface area contributed by atoms with Gasteiger partial charge in [0.15, 0.2) is 6.61 Å². The third-order valence-corrected chi connectivity index (χ3v) is 4.14. The first-order chi connectivity index (χ1) is 11.6. The summed E-state index contributed by atoms with van der Waals surface area (Å²) in [7, 11) is 0. The van der Waals surface area contributed by atoms with Crippen molar-refractivity contribution in [2.45, 2.75) is 45.1 Å². The number of nitrogens with zero attached hydrogens (tertiary/aromatic N) is 1. The number of carboxylic acids is 1. The van der Waals surface area contributed by atoms with Crippen LogP contribution in [0.25, 0.3) is 0 Å². The lowest BCUT2D eigenvalue weighted by molar-refractivity contribution is -0.141. The molecule has 1 aliphatic heterocycles. The Hall–Kier alpha value is -2.24. The van der Waals surface area contributed by atoms with Gasteiger partial charge in [0.05, 0.1) is 6.61 Å². The highest BCUT2D eigenvalue weighted by Crippen LogP contribution is 2.22. The van der Waals surface area contributed by atoms with Crippen LogP contribution in [0.3, 0.4) is 0 Å². The number of carboxylic acid groups (broad SMARTS) is 1. The fraction of sp³-hybridized carbons (Fsp3) is 0.556. The molecule has 1 fully saturated rings. The van der Waals surface area contributed by atoms with Crippen molar-refractivity contribution in [2.75, 3.05) is 19.8 Å². The monoisotopic (exact) mass is 335 g/mol. The first-order valence-electron chi connectivity index (χ1n) is 8.47. The molecule has 0 radical (unpaired) electrons. The fourth-order valence-corrected chi connectivity index (χ4v) is 2.95. The number of amides is 1. The summed E-state index contributed by atoms with van der Waals surface area (Å²) in [5.41, 5.74) is 0. The Bertz CT molecular complexity index is 543. The average molecular weight is 335 g/mol. The summed E-state index contributed by atoms with van der Waals surface area (Å²) >= 11 is 0. The first kappa shape index (κ1) is 18.1. The summed E-state index contributed by atoms with van der Waals surface area (Å²) < 4.78 is 10.9. The molecule has 1 N–H and O–H groups in total. The minimum atomic E-state index is -0.821. The van der Waals surface area contributed by atoms with E-state index >= 15 is 0 Å². The van der Waals surface area contributed by atoms with Gasteiger partial charge in [-0.05, 0) is 56.9 Å². The predicted molar refractivity (Wildman–Crippen MR) is 89.3 cm³/mol. The van der Waals surface area contributed by atoms with Gasteiger partial charge in [-0.2, -0.15) is 0 Å². The number of hydrogen-bond donors (Lipinski definition) is 1. The summed E-state index contributed by atoms with van der Waals surface area (Å²) in [6, 6.07) is 7.17. The summed E-state index contributed by atoms with van der Waals surface area (Å²) in [4.78, 5) is 25.0. The normalized spacial score (nSPS) is 17.4. The number of rotatable bonds is 8. The molecule has 1 aromatic carbocycles. The van der Waals surface area contributed by atoms with E-state index in [1.165, 1.54) is 0 Å². The fourth-order valence-electron chi connectivity index (χ4n) is 2.95. The third-order valence-electron chi connectivity index (χ3n) is 4.14. The third kappa shape index (κ3) is 5.44. The predicted octanol–water partition coefficient (Wildman–Crippen LogP) is 2.71. The summed E-state index contributed by atoms with van der Waals surface area (Å²) in [5, 5.41) is 8.84. The summed E-state index contributed by atoms with van der Waals surface area (Å²) in [6.45, 7) is 3.17. The molecule has 24 heavy (non-hydrogen) atoms. The van der Waals surface area contributed by atoms with Crippen molar-refractivity contribution in [1.29, 1.82) is 0 Å². The van der Waals surface area contributed by atoms with Crippen molar-refractivity contribution in [1.82, 2.24) is 4.90 Å². The van der Waals surface area contributed by atoms with E-state index in [0.29, 0.717) is 25.3 Å². The molecular formula is C18H25NO5. The lowest BCUT2D eigenvalue weighted by atomic mass is 9.98. The molecule has 1 saturated heterocycles. The van der Waals surface area contributed by atoms with E-state index in [-0.39, 0.29) is 25.0 Å². The van der Waals surface area contributed by atoms with Gasteiger partial charge in [-0.1, -0.05) is 0 Å². The van der Waals surface area contributed by atoms with Crippen LogP contribution in [0, 0.1) is 0 Å². The molecule has 0 aliphatic carbocycles. The molecule has 6 heteroatoms. The maximum atomic E-state index is 12.4. The maximum absolute atomic E-state index is 12.4. The van der Waals surface area contributed by atoms with Crippen LogP contribution in [0.1, 0.15) is 39.0 Å². The average Bonchev–Trinajstić information content (AvgIpc) is 2.59. The lowest BCUT2D eigenvalue weighted by Crippen LogP contribution is -2.46. The molecule has 132 valence electrons. The Labute approximate surface area is 142 Å². The number of carbonyl (C=O) groups excluding carboxylic acids is 1. The zero-order chi connectivity index (χ0) is 17.4. The molecular weight excluding hydrogens is 310 g/mol. The second-order valence-electron chi connectivity index (χ2n) is 5.86. The topological polar surface area (TPSA) is 76.1 Å². The Morgan fingerprint density at radius 1 is 1.17 bits per heavy atom. The molecule has 1 amide bonds. The van der Waals surface area contributed by atoms with Gasteiger partial charge in [-0.3, -0.25) is 9.59 Å². The zero-order valence-electron chi connectivity index (χ0n) is 14.1. The molecule has 1 aliphatic rings. The second-order valence-corrected chi connectivity index (χ2v) is 5.86. The number of aliphatic carboxylic acids is 1. The SMILES string of the molecule is CCOc1ccc(OCC(=O)N2CCCCC2CCC(=O)O)cc1. The largest absolute Gasteiger partial charge is 0.494 e. The van der Waals surface area contributed by atoms with E-state index in [0.717, 1.165) is 25.0 Å². The molecule has 6 nitrogen and oxygen atoms in total. The van der Waals surface area contributed by atoms with Gasteiger partial charge in [-0.15, -0.1) is 0 Å². The molecule has 2 rings (SSSR count). The number of likely N-dealkylation sites (tertiary alicyclic amines) is 1. The number of ether oxygens (including phenoxy) is 2.